The van der Waals surface area contributed by atoms with Gasteiger partial charge in [0, 0.05) is 30.8 Å². The van der Waals surface area contributed by atoms with Crippen LogP contribution in [0.4, 0.5) is 0 Å². The number of nitrogens with two attached hydrogens (primary N) is 1. The number of hydrogen-bond donors (Lipinski definition) is 2. The zero-order chi connectivity index (χ0) is 25.2. The minimum atomic E-state index is -0.924. The highest BCUT2D eigenvalue weighted by Gasteiger charge is 2.44. The zero-order valence-electron chi connectivity index (χ0n) is 19.9. The zero-order valence-corrected chi connectivity index (χ0v) is 21.4. The Kier molecular flexibility index (Phi) is 7.32. The molecule has 1 fully saturated rings. The Labute approximate surface area is 216 Å². The molecule has 1 amide bonds. The van der Waals surface area contributed by atoms with Crippen LogP contribution in [0.15, 0.2) is 72.8 Å². The molecule has 1 aliphatic rings. The van der Waals surface area contributed by atoms with E-state index in [4.69, 9.17) is 33.7 Å². The first kappa shape index (κ1) is 25.4. The van der Waals surface area contributed by atoms with Gasteiger partial charge in [0.25, 0.3) is 0 Å². The van der Waals surface area contributed by atoms with Gasteiger partial charge in [0.15, 0.2) is 11.5 Å². The molecule has 0 unspecified atom stereocenters. The highest BCUT2D eigenvalue weighted by molar-refractivity contribution is 6.42. The lowest BCUT2D eigenvalue weighted by Crippen LogP contribution is -2.62. The quantitative estimate of drug-likeness (QED) is 0.380. The number of likely N-dealkylation sites (tertiary alicyclic amines) is 1. The number of amides is 1. The minimum Gasteiger partial charge on any atom is -0.504 e. The summed E-state index contributed by atoms with van der Waals surface area (Å²) in [6.07, 6.45) is 1.23. The van der Waals surface area contributed by atoms with Crippen LogP contribution in [-0.4, -0.2) is 40.6 Å². The molecule has 0 spiro atoms. The number of phenolic OH excluding ortho intramolecular Hbond substituents is 1. The number of aromatic hydroxyl groups is 1. The number of halogens is 2. The standard InChI is InChI=1S/C28H30Cl2N2O3/c1-27(2,32-17-21(18-32)35-25-16-23(30)22(29)15-24(25)33)13-14-28(26(31)34,19-9-5-3-6-10-19)20-11-7-4-8-12-20/h3-12,15-16,21,33H,13-14,17-18H2,1-2H3,(H2,31,34). The molecule has 1 aliphatic heterocycles. The Morgan fingerprint density at radius 2 is 1.49 bits per heavy atom. The van der Waals surface area contributed by atoms with Crippen molar-refractivity contribution in [2.75, 3.05) is 13.1 Å². The third-order valence-electron chi connectivity index (χ3n) is 7.07. The molecule has 5 nitrogen and oxygen atoms in total. The second-order valence-corrected chi connectivity index (χ2v) is 10.5. The second kappa shape index (κ2) is 10.1. The topological polar surface area (TPSA) is 75.8 Å². The molecule has 184 valence electrons. The Morgan fingerprint density at radius 3 is 2.00 bits per heavy atom. The van der Waals surface area contributed by atoms with Gasteiger partial charge in [-0.25, -0.2) is 0 Å². The summed E-state index contributed by atoms with van der Waals surface area (Å²) < 4.78 is 5.96. The largest absolute Gasteiger partial charge is 0.504 e. The van der Waals surface area contributed by atoms with Crippen molar-refractivity contribution in [3.63, 3.8) is 0 Å². The van der Waals surface area contributed by atoms with Crippen molar-refractivity contribution in [1.82, 2.24) is 4.90 Å². The van der Waals surface area contributed by atoms with E-state index in [1.165, 1.54) is 12.1 Å². The van der Waals surface area contributed by atoms with Gasteiger partial charge in [-0.05, 0) is 37.8 Å². The van der Waals surface area contributed by atoms with Crippen LogP contribution in [0, 0.1) is 0 Å². The molecular formula is C28H30Cl2N2O3. The van der Waals surface area contributed by atoms with Crippen molar-refractivity contribution in [1.29, 1.82) is 0 Å². The molecule has 0 atom stereocenters. The van der Waals surface area contributed by atoms with Gasteiger partial charge in [0.2, 0.25) is 5.91 Å². The van der Waals surface area contributed by atoms with Crippen LogP contribution in [0.3, 0.4) is 0 Å². The van der Waals surface area contributed by atoms with Gasteiger partial charge < -0.3 is 15.6 Å². The first-order valence-electron chi connectivity index (χ1n) is 11.6. The van der Waals surface area contributed by atoms with Gasteiger partial charge in [-0.2, -0.15) is 0 Å². The van der Waals surface area contributed by atoms with Crippen molar-refractivity contribution in [2.24, 2.45) is 5.73 Å². The number of phenols is 1. The van der Waals surface area contributed by atoms with Crippen molar-refractivity contribution < 1.29 is 14.6 Å². The van der Waals surface area contributed by atoms with Crippen molar-refractivity contribution >= 4 is 29.1 Å². The van der Waals surface area contributed by atoms with Gasteiger partial charge in [-0.3, -0.25) is 9.69 Å². The fourth-order valence-electron chi connectivity index (χ4n) is 4.76. The molecule has 0 bridgehead atoms. The highest BCUT2D eigenvalue weighted by atomic mass is 35.5. The third-order valence-corrected chi connectivity index (χ3v) is 7.79. The summed E-state index contributed by atoms with van der Waals surface area (Å²) in [5, 5.41) is 10.7. The SMILES string of the molecule is CC(C)(CCC(C(N)=O)(c1ccccc1)c1ccccc1)N1CC(Oc2cc(Cl)c(Cl)cc2O)C1. The van der Waals surface area contributed by atoms with Crippen molar-refractivity contribution in [3.8, 4) is 11.5 Å². The van der Waals surface area contributed by atoms with Crippen molar-refractivity contribution in [2.45, 2.75) is 43.7 Å². The van der Waals surface area contributed by atoms with E-state index in [0.29, 0.717) is 30.3 Å². The molecule has 0 aliphatic carbocycles. The first-order chi connectivity index (χ1) is 16.6. The molecule has 3 N–H and O–H groups in total. The van der Waals surface area contributed by atoms with Crippen LogP contribution in [0.25, 0.3) is 0 Å². The predicted molar refractivity (Wildman–Crippen MR) is 140 cm³/mol. The van der Waals surface area contributed by atoms with E-state index in [-0.39, 0.29) is 28.3 Å². The second-order valence-electron chi connectivity index (χ2n) is 9.69. The number of rotatable bonds is 9. The molecular weight excluding hydrogens is 483 g/mol. The third kappa shape index (κ3) is 5.13. The summed E-state index contributed by atoms with van der Waals surface area (Å²) >= 11 is 12.0. The number of carbonyl (C=O) groups is 1. The summed E-state index contributed by atoms with van der Waals surface area (Å²) in [5.74, 6) is -0.0672. The molecule has 4 rings (SSSR count). The molecule has 0 aromatic heterocycles. The van der Waals surface area contributed by atoms with E-state index in [2.05, 4.69) is 18.7 Å². The molecule has 0 saturated carbocycles. The average Bonchev–Trinajstić information content (AvgIpc) is 2.80. The number of primary amides is 1. The van der Waals surface area contributed by atoms with Gasteiger partial charge in [0.1, 0.15) is 6.10 Å². The summed E-state index contributed by atoms with van der Waals surface area (Å²) in [7, 11) is 0. The summed E-state index contributed by atoms with van der Waals surface area (Å²) in [6, 6.07) is 22.5. The van der Waals surface area contributed by atoms with E-state index in [9.17, 15) is 9.90 Å². The minimum absolute atomic E-state index is 0.0333. The van der Waals surface area contributed by atoms with Crippen LogP contribution in [0.5, 0.6) is 11.5 Å². The fourth-order valence-corrected chi connectivity index (χ4v) is 5.07. The van der Waals surface area contributed by atoms with Gasteiger partial charge in [-0.1, -0.05) is 83.9 Å². The smallest absolute Gasteiger partial charge is 0.232 e. The summed E-state index contributed by atoms with van der Waals surface area (Å²) in [4.78, 5) is 15.4. The van der Waals surface area contributed by atoms with E-state index >= 15 is 0 Å². The number of carbonyl (C=O) groups excluding carboxylic acids is 1. The Bertz CT molecular complexity index is 1140. The molecule has 3 aromatic carbocycles. The van der Waals surface area contributed by atoms with Crippen LogP contribution >= 0.6 is 23.2 Å². The number of ether oxygens (including phenoxy) is 1. The molecule has 0 radical (unpaired) electrons. The Balaban J connectivity index is 1.49. The predicted octanol–water partition coefficient (Wildman–Crippen LogP) is 5.79. The van der Waals surface area contributed by atoms with Crippen LogP contribution < -0.4 is 10.5 Å². The molecule has 1 saturated heterocycles. The van der Waals surface area contributed by atoms with Crippen LogP contribution in [0.1, 0.15) is 37.8 Å². The van der Waals surface area contributed by atoms with E-state index in [1.54, 1.807) is 0 Å². The maximum atomic E-state index is 13.1. The monoisotopic (exact) mass is 512 g/mol. The maximum Gasteiger partial charge on any atom is 0.232 e. The average molecular weight is 513 g/mol. The normalized spacial score (nSPS) is 15.0. The van der Waals surface area contributed by atoms with Gasteiger partial charge in [-0.15, -0.1) is 0 Å². The molecule has 7 heteroatoms. The van der Waals surface area contributed by atoms with E-state index in [1.807, 2.05) is 60.7 Å². The molecule has 3 aromatic rings. The number of benzene rings is 3. The molecule has 35 heavy (non-hydrogen) atoms. The summed E-state index contributed by atoms with van der Waals surface area (Å²) in [5.41, 5.74) is 6.78. The van der Waals surface area contributed by atoms with Crippen LogP contribution in [-0.2, 0) is 10.2 Å². The Morgan fingerprint density at radius 1 is 0.971 bits per heavy atom. The first-order valence-corrected chi connectivity index (χ1v) is 12.4. The van der Waals surface area contributed by atoms with E-state index in [0.717, 1.165) is 17.5 Å². The van der Waals surface area contributed by atoms with Gasteiger partial charge >= 0.3 is 0 Å². The number of nitrogens with zero attached hydrogens (tertiary/aromatic N) is 1. The van der Waals surface area contributed by atoms with Crippen LogP contribution in [0.2, 0.25) is 10.0 Å². The fraction of sp³-hybridized carbons (Fsp3) is 0.321. The van der Waals surface area contributed by atoms with E-state index < -0.39 is 5.41 Å². The lowest BCUT2D eigenvalue weighted by Gasteiger charge is -2.49. The Hall–Kier alpha value is -2.73. The lowest BCUT2D eigenvalue weighted by molar-refractivity contribution is -0.122. The summed E-state index contributed by atoms with van der Waals surface area (Å²) in [6.45, 7) is 5.71. The lowest BCUT2D eigenvalue weighted by atomic mass is 9.69. The number of hydrogen-bond acceptors (Lipinski definition) is 4. The molecule has 1 heterocycles. The van der Waals surface area contributed by atoms with Crippen molar-refractivity contribution in [3.05, 3.63) is 94.0 Å². The maximum absolute atomic E-state index is 13.1. The van der Waals surface area contributed by atoms with Gasteiger partial charge in [0.05, 0.1) is 15.5 Å². The highest BCUT2D eigenvalue weighted by Crippen LogP contribution is 2.41.